The highest BCUT2D eigenvalue weighted by Crippen LogP contribution is 2.58. The third-order valence-corrected chi connectivity index (χ3v) is 9.54. The quantitative estimate of drug-likeness (QED) is 0.331. The summed E-state index contributed by atoms with van der Waals surface area (Å²) < 4.78 is 42.1. The number of thiocarbonyl (C=S) groups is 1. The van der Waals surface area contributed by atoms with E-state index in [1.165, 1.54) is 25.0 Å². The second-order valence-electron chi connectivity index (χ2n) is 11.9. The highest BCUT2D eigenvalue weighted by Gasteiger charge is 2.63. The number of hydrogen-bond acceptors (Lipinski definition) is 5. The predicted octanol–water partition coefficient (Wildman–Crippen LogP) is 6.42. The van der Waals surface area contributed by atoms with Crippen LogP contribution in [0.25, 0.3) is 21.9 Å². The van der Waals surface area contributed by atoms with Crippen LogP contribution in [-0.2, 0) is 13.6 Å². The van der Waals surface area contributed by atoms with Crippen molar-refractivity contribution in [3.05, 3.63) is 42.4 Å². The van der Waals surface area contributed by atoms with Gasteiger partial charge in [-0.3, -0.25) is 9.58 Å². The molecule has 2 aliphatic heterocycles. The zero-order chi connectivity index (χ0) is 27.9. The van der Waals surface area contributed by atoms with E-state index in [1.54, 1.807) is 0 Å². The van der Waals surface area contributed by atoms with Crippen LogP contribution >= 0.6 is 12.2 Å². The van der Waals surface area contributed by atoms with E-state index >= 15 is 0 Å². The zero-order valence-corrected chi connectivity index (χ0v) is 23.8. The van der Waals surface area contributed by atoms with Crippen LogP contribution in [-0.4, -0.2) is 68.5 Å². The molecule has 0 spiro atoms. The van der Waals surface area contributed by atoms with E-state index in [9.17, 15) is 13.2 Å². The monoisotopic (exact) mass is 570 g/mol. The molecule has 3 aromatic rings. The Morgan fingerprint density at radius 1 is 1.00 bits per heavy atom. The number of alkyl halides is 3. The van der Waals surface area contributed by atoms with Crippen molar-refractivity contribution in [2.45, 2.75) is 57.7 Å². The molecular formula is C30H37F3N6S. The van der Waals surface area contributed by atoms with E-state index < -0.39 is 11.6 Å². The SMILES string of the molecule is Cn1ncc(-c2ccc3cnc(NC(=S)C4CCN(CC5(C(F)(F)F)CC5)CC4)cc3c2)c1CN1CCCCC1. The van der Waals surface area contributed by atoms with Gasteiger partial charge in [0.1, 0.15) is 5.82 Å². The lowest BCUT2D eigenvalue weighted by Crippen LogP contribution is -2.43. The number of anilines is 1. The summed E-state index contributed by atoms with van der Waals surface area (Å²) >= 11 is 5.73. The Bertz CT molecular complexity index is 1370. The number of benzene rings is 1. The summed E-state index contributed by atoms with van der Waals surface area (Å²) in [6.07, 6.45) is 5.58. The molecule has 4 heterocycles. The fourth-order valence-corrected chi connectivity index (χ4v) is 6.63. The lowest BCUT2D eigenvalue weighted by Gasteiger charge is -2.35. The first-order valence-electron chi connectivity index (χ1n) is 14.4. The van der Waals surface area contributed by atoms with Crippen molar-refractivity contribution in [2.75, 3.05) is 38.0 Å². The molecule has 6 rings (SSSR count). The minimum Gasteiger partial charge on any atom is -0.334 e. The molecule has 3 aliphatic rings. The number of fused-ring (bicyclic) bond motifs is 1. The highest BCUT2D eigenvalue weighted by atomic mass is 32.1. The number of hydrogen-bond donors (Lipinski definition) is 1. The van der Waals surface area contributed by atoms with Crippen LogP contribution in [0.15, 0.2) is 36.7 Å². The molecule has 0 amide bonds. The third-order valence-electron chi connectivity index (χ3n) is 9.11. The molecule has 6 nitrogen and oxygen atoms in total. The second kappa shape index (κ2) is 11.0. The fourth-order valence-electron chi connectivity index (χ4n) is 6.29. The second-order valence-corrected chi connectivity index (χ2v) is 12.4. The number of rotatable bonds is 7. The van der Waals surface area contributed by atoms with Gasteiger partial charge in [-0.1, -0.05) is 30.8 Å². The minimum atomic E-state index is -4.10. The molecular weight excluding hydrogens is 533 g/mol. The van der Waals surface area contributed by atoms with E-state index in [0.29, 0.717) is 18.9 Å². The summed E-state index contributed by atoms with van der Waals surface area (Å²) in [5.74, 6) is 0.842. The number of pyridine rings is 1. The minimum absolute atomic E-state index is 0.120. The molecule has 1 N–H and O–H groups in total. The number of nitrogens with one attached hydrogen (secondary N) is 1. The van der Waals surface area contributed by atoms with Gasteiger partial charge in [0.05, 0.1) is 22.3 Å². The largest absolute Gasteiger partial charge is 0.395 e. The van der Waals surface area contributed by atoms with E-state index in [1.807, 2.05) is 35.1 Å². The zero-order valence-electron chi connectivity index (χ0n) is 23.0. The highest BCUT2D eigenvalue weighted by molar-refractivity contribution is 7.80. The van der Waals surface area contributed by atoms with E-state index in [0.717, 1.165) is 59.4 Å². The van der Waals surface area contributed by atoms with Gasteiger partial charge in [-0.15, -0.1) is 0 Å². The molecule has 0 unspecified atom stereocenters. The Hall–Kier alpha value is -2.56. The summed E-state index contributed by atoms with van der Waals surface area (Å²) in [5, 5.41) is 10.0. The first-order chi connectivity index (χ1) is 19.2. The van der Waals surface area contributed by atoms with Gasteiger partial charge in [0, 0.05) is 43.2 Å². The molecule has 0 atom stereocenters. The Morgan fingerprint density at radius 2 is 1.75 bits per heavy atom. The first-order valence-corrected chi connectivity index (χ1v) is 14.8. The summed E-state index contributed by atoms with van der Waals surface area (Å²) in [7, 11) is 2.02. The summed E-state index contributed by atoms with van der Waals surface area (Å²) in [6, 6.07) is 8.45. The smallest absolute Gasteiger partial charge is 0.334 e. The molecule has 0 bridgehead atoms. The van der Waals surface area contributed by atoms with Crippen molar-refractivity contribution >= 4 is 33.8 Å². The Morgan fingerprint density at radius 3 is 2.45 bits per heavy atom. The van der Waals surface area contributed by atoms with Crippen molar-refractivity contribution < 1.29 is 13.2 Å². The molecule has 0 radical (unpaired) electrons. The van der Waals surface area contributed by atoms with Crippen LogP contribution < -0.4 is 5.32 Å². The van der Waals surface area contributed by atoms with Crippen LogP contribution in [0.1, 0.15) is 50.6 Å². The average Bonchev–Trinajstić information content (AvgIpc) is 3.66. The van der Waals surface area contributed by atoms with Gasteiger partial charge in [0.15, 0.2) is 0 Å². The van der Waals surface area contributed by atoms with Crippen LogP contribution in [0.4, 0.5) is 19.0 Å². The van der Waals surface area contributed by atoms with Crippen molar-refractivity contribution in [2.24, 2.45) is 18.4 Å². The molecule has 1 aliphatic carbocycles. The number of piperidine rings is 2. The van der Waals surface area contributed by atoms with Crippen molar-refractivity contribution in [1.82, 2.24) is 24.6 Å². The lowest BCUT2D eigenvalue weighted by atomic mass is 9.95. The van der Waals surface area contributed by atoms with Gasteiger partial charge in [-0.25, -0.2) is 4.98 Å². The normalized spacial score (nSPS) is 20.6. The van der Waals surface area contributed by atoms with Gasteiger partial charge < -0.3 is 10.2 Å². The molecule has 40 heavy (non-hydrogen) atoms. The molecule has 1 aromatic carbocycles. The van der Waals surface area contributed by atoms with Gasteiger partial charge >= 0.3 is 6.18 Å². The number of nitrogens with zero attached hydrogens (tertiary/aromatic N) is 5. The van der Waals surface area contributed by atoms with E-state index in [2.05, 4.69) is 38.5 Å². The topological polar surface area (TPSA) is 49.2 Å². The van der Waals surface area contributed by atoms with E-state index in [-0.39, 0.29) is 25.3 Å². The summed E-state index contributed by atoms with van der Waals surface area (Å²) in [5.41, 5.74) is 2.04. The number of aromatic nitrogens is 3. The first kappa shape index (κ1) is 27.6. The number of halogens is 3. The Balaban J connectivity index is 1.11. The van der Waals surface area contributed by atoms with Crippen LogP contribution in [0.2, 0.25) is 0 Å². The lowest BCUT2D eigenvalue weighted by molar-refractivity contribution is -0.192. The summed E-state index contributed by atoms with van der Waals surface area (Å²) in [4.78, 5) is 9.79. The maximum absolute atomic E-state index is 13.4. The molecule has 10 heteroatoms. The van der Waals surface area contributed by atoms with Gasteiger partial charge in [-0.05, 0) is 87.8 Å². The van der Waals surface area contributed by atoms with Crippen LogP contribution in [0.5, 0.6) is 0 Å². The Labute approximate surface area is 238 Å². The predicted molar refractivity (Wildman–Crippen MR) is 156 cm³/mol. The maximum atomic E-state index is 13.4. The van der Waals surface area contributed by atoms with Crippen molar-refractivity contribution in [1.29, 1.82) is 0 Å². The molecule has 2 aromatic heterocycles. The standard InChI is InChI=1S/C30H37F3N6S/c1-37-26(19-38-11-3-2-4-12-38)25(18-35-37)22-5-6-23-17-34-27(16-24(23)15-22)36-28(40)21-7-13-39(14-8-21)20-29(9-10-29)30(31,32)33/h5-6,15-18,21H,2-4,7-14,19-20H2,1H3,(H,34,36,40). The summed E-state index contributed by atoms with van der Waals surface area (Å²) in [6.45, 7) is 4.58. The van der Waals surface area contributed by atoms with Crippen molar-refractivity contribution in [3.63, 3.8) is 0 Å². The van der Waals surface area contributed by atoms with Crippen molar-refractivity contribution in [3.8, 4) is 11.1 Å². The van der Waals surface area contributed by atoms with Crippen LogP contribution in [0.3, 0.4) is 0 Å². The van der Waals surface area contributed by atoms with Gasteiger partial charge in [0.25, 0.3) is 0 Å². The van der Waals surface area contributed by atoms with Crippen LogP contribution in [0, 0.1) is 11.3 Å². The van der Waals surface area contributed by atoms with Gasteiger partial charge in [-0.2, -0.15) is 18.3 Å². The fraction of sp³-hybridized carbons (Fsp3) is 0.567. The average molecular weight is 571 g/mol. The van der Waals surface area contributed by atoms with Gasteiger partial charge in [0.2, 0.25) is 0 Å². The number of likely N-dealkylation sites (tertiary alicyclic amines) is 2. The molecule has 214 valence electrons. The van der Waals surface area contributed by atoms with E-state index in [4.69, 9.17) is 12.2 Å². The molecule has 1 saturated carbocycles. The third kappa shape index (κ3) is 5.76. The Kier molecular flexibility index (Phi) is 7.61. The molecule has 3 fully saturated rings. The number of aryl methyl sites for hydroxylation is 1. The molecule has 2 saturated heterocycles. The maximum Gasteiger partial charge on any atom is 0.395 e.